The highest BCUT2D eigenvalue weighted by Gasteiger charge is 2.24. The minimum atomic E-state index is 0.609. The van der Waals surface area contributed by atoms with Crippen molar-refractivity contribution in [3.63, 3.8) is 0 Å². The minimum absolute atomic E-state index is 0.609. The third-order valence-electron chi connectivity index (χ3n) is 4.31. The Morgan fingerprint density at radius 2 is 2.16 bits per heavy atom. The molecule has 2 atom stereocenters. The van der Waals surface area contributed by atoms with Crippen LogP contribution in [0.1, 0.15) is 44.5 Å². The lowest BCUT2D eigenvalue weighted by molar-refractivity contribution is 0.282. The van der Waals surface area contributed by atoms with Crippen LogP contribution in [0.2, 0.25) is 0 Å². The molecule has 1 aromatic heterocycles. The maximum atomic E-state index is 5.75. The van der Waals surface area contributed by atoms with E-state index in [9.17, 15) is 0 Å². The van der Waals surface area contributed by atoms with Gasteiger partial charge < -0.3 is 10.3 Å². The van der Waals surface area contributed by atoms with Crippen LogP contribution in [0.25, 0.3) is 11.0 Å². The average molecular weight is 257 g/mol. The lowest BCUT2D eigenvalue weighted by atomic mass is 9.86. The van der Waals surface area contributed by atoms with Crippen LogP contribution in [-0.4, -0.2) is 16.1 Å². The molecule has 0 aliphatic heterocycles. The summed E-state index contributed by atoms with van der Waals surface area (Å²) < 4.78 is 2.47. The number of para-hydroxylation sites is 2. The standard InChI is InChI=1S/C16H23N3/c1-12-5-4-6-13(11-12)19-15-8-3-2-7-14(15)18-16(19)9-10-17/h2-3,7-8,12-13H,4-6,9-11,17H2,1H3. The molecule has 3 rings (SSSR count). The summed E-state index contributed by atoms with van der Waals surface area (Å²) in [5, 5.41) is 0. The van der Waals surface area contributed by atoms with Gasteiger partial charge in [-0.15, -0.1) is 0 Å². The molecule has 0 saturated heterocycles. The van der Waals surface area contributed by atoms with E-state index in [2.05, 4.69) is 35.8 Å². The lowest BCUT2D eigenvalue weighted by Crippen LogP contribution is -2.20. The zero-order chi connectivity index (χ0) is 13.2. The number of imidazole rings is 1. The van der Waals surface area contributed by atoms with Gasteiger partial charge in [-0.05, 0) is 37.4 Å². The normalized spacial score (nSPS) is 23.9. The lowest BCUT2D eigenvalue weighted by Gasteiger charge is -2.29. The van der Waals surface area contributed by atoms with Crippen LogP contribution in [0.4, 0.5) is 0 Å². The molecule has 1 heterocycles. The molecule has 2 N–H and O–H groups in total. The van der Waals surface area contributed by atoms with Gasteiger partial charge in [0, 0.05) is 12.5 Å². The zero-order valence-corrected chi connectivity index (χ0v) is 11.7. The largest absolute Gasteiger partial charge is 0.330 e. The molecule has 0 radical (unpaired) electrons. The quantitative estimate of drug-likeness (QED) is 0.917. The van der Waals surface area contributed by atoms with Crippen LogP contribution in [-0.2, 0) is 6.42 Å². The van der Waals surface area contributed by atoms with Gasteiger partial charge in [-0.3, -0.25) is 0 Å². The number of benzene rings is 1. The number of hydrogen-bond donors (Lipinski definition) is 1. The van der Waals surface area contributed by atoms with Gasteiger partial charge in [0.05, 0.1) is 11.0 Å². The summed E-state index contributed by atoms with van der Waals surface area (Å²) in [5.41, 5.74) is 8.15. The van der Waals surface area contributed by atoms with E-state index in [1.807, 2.05) is 0 Å². The second kappa shape index (κ2) is 5.33. The highest BCUT2D eigenvalue weighted by Crippen LogP contribution is 2.35. The first-order valence-corrected chi connectivity index (χ1v) is 7.45. The van der Waals surface area contributed by atoms with Gasteiger partial charge in [0.25, 0.3) is 0 Å². The Bertz CT molecular complexity index is 558. The fourth-order valence-electron chi connectivity index (χ4n) is 3.44. The van der Waals surface area contributed by atoms with Gasteiger partial charge >= 0.3 is 0 Å². The Balaban J connectivity index is 2.06. The third-order valence-corrected chi connectivity index (χ3v) is 4.31. The number of fused-ring (bicyclic) bond motifs is 1. The smallest absolute Gasteiger partial charge is 0.111 e. The summed E-state index contributed by atoms with van der Waals surface area (Å²) >= 11 is 0. The van der Waals surface area contributed by atoms with Gasteiger partial charge in [0.15, 0.2) is 0 Å². The molecule has 3 heteroatoms. The number of nitrogens with zero attached hydrogens (tertiary/aromatic N) is 2. The number of aromatic nitrogens is 2. The van der Waals surface area contributed by atoms with Crippen molar-refractivity contribution in [1.82, 2.24) is 9.55 Å². The average Bonchev–Trinajstić information content (AvgIpc) is 2.77. The van der Waals surface area contributed by atoms with Crippen molar-refractivity contribution >= 4 is 11.0 Å². The Labute approximate surface area is 114 Å². The molecule has 0 spiro atoms. The minimum Gasteiger partial charge on any atom is -0.330 e. The summed E-state index contributed by atoms with van der Waals surface area (Å²) in [6, 6.07) is 9.09. The molecule has 0 bridgehead atoms. The predicted octanol–water partition coefficient (Wildman–Crippen LogP) is 3.29. The number of rotatable bonds is 3. The molecule has 102 valence electrons. The topological polar surface area (TPSA) is 43.8 Å². The highest BCUT2D eigenvalue weighted by molar-refractivity contribution is 5.76. The SMILES string of the molecule is CC1CCCC(n2c(CCN)nc3ccccc32)C1. The van der Waals surface area contributed by atoms with Crippen molar-refractivity contribution < 1.29 is 0 Å². The third kappa shape index (κ3) is 2.39. The monoisotopic (exact) mass is 257 g/mol. The van der Waals surface area contributed by atoms with Crippen molar-refractivity contribution in [2.24, 2.45) is 11.7 Å². The fourth-order valence-corrected chi connectivity index (χ4v) is 3.44. The second-order valence-electron chi connectivity index (χ2n) is 5.85. The summed E-state index contributed by atoms with van der Waals surface area (Å²) in [4.78, 5) is 4.79. The van der Waals surface area contributed by atoms with Crippen molar-refractivity contribution in [3.05, 3.63) is 30.1 Å². The summed E-state index contributed by atoms with van der Waals surface area (Å²) in [5.74, 6) is 1.99. The zero-order valence-electron chi connectivity index (χ0n) is 11.7. The fraction of sp³-hybridized carbons (Fsp3) is 0.562. The van der Waals surface area contributed by atoms with Crippen LogP contribution >= 0.6 is 0 Å². The van der Waals surface area contributed by atoms with Crippen molar-refractivity contribution in [2.45, 2.75) is 45.1 Å². The van der Waals surface area contributed by atoms with Gasteiger partial charge in [-0.1, -0.05) is 31.9 Å². The van der Waals surface area contributed by atoms with Crippen LogP contribution in [0.3, 0.4) is 0 Å². The molecule has 2 aromatic rings. The first kappa shape index (κ1) is 12.7. The Morgan fingerprint density at radius 3 is 2.95 bits per heavy atom. The number of nitrogens with two attached hydrogens (primary N) is 1. The summed E-state index contributed by atoms with van der Waals surface area (Å²) in [6.07, 6.45) is 6.13. The molecule has 1 saturated carbocycles. The molecule has 3 nitrogen and oxygen atoms in total. The molecule has 19 heavy (non-hydrogen) atoms. The van der Waals surface area contributed by atoms with Crippen LogP contribution in [0.5, 0.6) is 0 Å². The van der Waals surface area contributed by atoms with Gasteiger partial charge in [-0.2, -0.15) is 0 Å². The molecule has 1 aromatic carbocycles. The first-order chi connectivity index (χ1) is 9.29. The summed E-state index contributed by atoms with van der Waals surface area (Å²) in [6.45, 7) is 3.04. The Hall–Kier alpha value is -1.35. The molecule has 1 aliphatic rings. The molecular formula is C16H23N3. The van der Waals surface area contributed by atoms with E-state index >= 15 is 0 Å². The Morgan fingerprint density at radius 1 is 1.32 bits per heavy atom. The van der Waals surface area contributed by atoms with E-state index < -0.39 is 0 Å². The van der Waals surface area contributed by atoms with E-state index in [-0.39, 0.29) is 0 Å². The van der Waals surface area contributed by atoms with Crippen LogP contribution in [0.15, 0.2) is 24.3 Å². The van der Waals surface area contributed by atoms with E-state index in [0.717, 1.165) is 17.9 Å². The van der Waals surface area contributed by atoms with E-state index in [0.29, 0.717) is 12.6 Å². The van der Waals surface area contributed by atoms with Gasteiger partial charge in [0.2, 0.25) is 0 Å². The van der Waals surface area contributed by atoms with Crippen molar-refractivity contribution in [2.75, 3.05) is 6.54 Å². The van der Waals surface area contributed by atoms with E-state index in [1.54, 1.807) is 0 Å². The van der Waals surface area contributed by atoms with Crippen molar-refractivity contribution in [1.29, 1.82) is 0 Å². The maximum absolute atomic E-state index is 5.75. The molecule has 1 aliphatic carbocycles. The van der Waals surface area contributed by atoms with E-state index in [4.69, 9.17) is 10.7 Å². The predicted molar refractivity (Wildman–Crippen MR) is 79.2 cm³/mol. The number of hydrogen-bond acceptors (Lipinski definition) is 2. The highest BCUT2D eigenvalue weighted by atomic mass is 15.1. The Kier molecular flexibility index (Phi) is 3.56. The van der Waals surface area contributed by atoms with Crippen LogP contribution < -0.4 is 5.73 Å². The maximum Gasteiger partial charge on any atom is 0.111 e. The van der Waals surface area contributed by atoms with Gasteiger partial charge in [0.1, 0.15) is 5.82 Å². The van der Waals surface area contributed by atoms with E-state index in [1.165, 1.54) is 37.0 Å². The van der Waals surface area contributed by atoms with Gasteiger partial charge in [-0.25, -0.2) is 4.98 Å². The summed E-state index contributed by atoms with van der Waals surface area (Å²) in [7, 11) is 0. The molecular weight excluding hydrogens is 234 g/mol. The van der Waals surface area contributed by atoms with Crippen molar-refractivity contribution in [3.8, 4) is 0 Å². The van der Waals surface area contributed by atoms with Crippen LogP contribution in [0, 0.1) is 5.92 Å². The second-order valence-corrected chi connectivity index (χ2v) is 5.85. The first-order valence-electron chi connectivity index (χ1n) is 7.45. The molecule has 1 fully saturated rings. The molecule has 0 amide bonds. The molecule has 2 unspecified atom stereocenters.